The number of aryl methyl sites for hydroxylation is 1. The first kappa shape index (κ1) is 18.4. The molecule has 0 spiro atoms. The second-order valence-corrected chi connectivity index (χ2v) is 7.00. The molecule has 28 heavy (non-hydrogen) atoms. The standard InChI is InChI=1S/C16H18F3N7O2/c1-25-10(6-7-20-25)12-9(4-5-11(27)26(12)8-2-3-8)13(28)21-15-22-14(23-24-15)16(17,18)19/h6-9,12H,2-5H2,1H3,(H2,21,22,23,24,28). The van der Waals surface area contributed by atoms with Crippen LogP contribution < -0.4 is 5.32 Å². The molecule has 150 valence electrons. The molecule has 2 unspecified atom stereocenters. The molecule has 0 bridgehead atoms. The van der Waals surface area contributed by atoms with Gasteiger partial charge in [-0.15, -0.1) is 5.10 Å². The zero-order valence-electron chi connectivity index (χ0n) is 14.9. The number of nitrogens with one attached hydrogen (secondary N) is 2. The molecule has 2 fully saturated rings. The van der Waals surface area contributed by atoms with E-state index in [1.165, 1.54) is 0 Å². The highest BCUT2D eigenvalue weighted by molar-refractivity contribution is 5.93. The summed E-state index contributed by atoms with van der Waals surface area (Å²) in [5.41, 5.74) is 0.700. The topological polar surface area (TPSA) is 109 Å². The van der Waals surface area contributed by atoms with Crippen LogP contribution in [-0.2, 0) is 22.8 Å². The van der Waals surface area contributed by atoms with Crippen LogP contribution in [0.15, 0.2) is 12.3 Å². The third-order valence-corrected chi connectivity index (χ3v) is 5.07. The average molecular weight is 397 g/mol. The average Bonchev–Trinajstić information content (AvgIpc) is 3.18. The van der Waals surface area contributed by atoms with E-state index in [-0.39, 0.29) is 24.8 Å². The van der Waals surface area contributed by atoms with Crippen molar-refractivity contribution in [1.82, 2.24) is 29.9 Å². The van der Waals surface area contributed by atoms with Crippen LogP contribution in [0.4, 0.5) is 19.1 Å². The van der Waals surface area contributed by atoms with Gasteiger partial charge in [0.05, 0.1) is 17.7 Å². The van der Waals surface area contributed by atoms with Crippen LogP contribution >= 0.6 is 0 Å². The maximum Gasteiger partial charge on any atom is 0.451 e. The normalized spacial score (nSPS) is 23.1. The summed E-state index contributed by atoms with van der Waals surface area (Å²) in [4.78, 5) is 30.4. The zero-order chi connectivity index (χ0) is 20.1. The van der Waals surface area contributed by atoms with Crippen molar-refractivity contribution >= 4 is 17.8 Å². The molecule has 1 aliphatic carbocycles. The Labute approximate surface area is 157 Å². The van der Waals surface area contributed by atoms with Crippen molar-refractivity contribution in [3.8, 4) is 0 Å². The monoisotopic (exact) mass is 397 g/mol. The molecule has 2 aromatic rings. The van der Waals surface area contributed by atoms with Gasteiger partial charge in [-0.25, -0.2) is 0 Å². The van der Waals surface area contributed by atoms with Crippen molar-refractivity contribution in [2.45, 2.75) is 43.9 Å². The van der Waals surface area contributed by atoms with Crippen LogP contribution in [0.5, 0.6) is 0 Å². The first-order valence-corrected chi connectivity index (χ1v) is 8.85. The molecule has 4 rings (SSSR count). The van der Waals surface area contributed by atoms with Crippen LogP contribution in [-0.4, -0.2) is 47.7 Å². The van der Waals surface area contributed by atoms with E-state index in [0.717, 1.165) is 12.8 Å². The summed E-state index contributed by atoms with van der Waals surface area (Å²) in [5.74, 6) is -2.95. The number of amides is 2. The number of H-pyrrole nitrogens is 1. The van der Waals surface area contributed by atoms with E-state index < -0.39 is 35.8 Å². The molecule has 2 aromatic heterocycles. The maximum atomic E-state index is 12.9. The van der Waals surface area contributed by atoms with E-state index in [9.17, 15) is 22.8 Å². The molecule has 1 saturated carbocycles. The van der Waals surface area contributed by atoms with Crippen LogP contribution in [0, 0.1) is 5.92 Å². The molecule has 1 saturated heterocycles. The highest BCUT2D eigenvalue weighted by Crippen LogP contribution is 2.43. The smallest absolute Gasteiger partial charge is 0.330 e. The summed E-state index contributed by atoms with van der Waals surface area (Å²) in [7, 11) is 1.72. The zero-order valence-corrected chi connectivity index (χ0v) is 14.9. The Morgan fingerprint density at radius 2 is 2.07 bits per heavy atom. The number of alkyl halides is 3. The van der Waals surface area contributed by atoms with Gasteiger partial charge in [-0.05, 0) is 25.3 Å². The Morgan fingerprint density at radius 3 is 2.64 bits per heavy atom. The van der Waals surface area contributed by atoms with Gasteiger partial charge in [-0.2, -0.15) is 23.3 Å². The molecule has 0 radical (unpaired) electrons. The minimum Gasteiger partial charge on any atom is -0.330 e. The summed E-state index contributed by atoms with van der Waals surface area (Å²) in [6.07, 6.45) is -0.897. The molecular formula is C16H18F3N7O2. The maximum absolute atomic E-state index is 12.9. The molecular weight excluding hydrogens is 379 g/mol. The van der Waals surface area contributed by atoms with Crippen molar-refractivity contribution in [1.29, 1.82) is 0 Å². The number of aromatic nitrogens is 5. The number of likely N-dealkylation sites (tertiary alicyclic amines) is 1. The number of rotatable bonds is 4. The molecule has 1 aliphatic heterocycles. The lowest BCUT2D eigenvalue weighted by atomic mass is 9.85. The summed E-state index contributed by atoms with van der Waals surface area (Å²) in [5, 5.41) is 11.7. The van der Waals surface area contributed by atoms with Crippen LogP contribution in [0.1, 0.15) is 43.2 Å². The van der Waals surface area contributed by atoms with Gasteiger partial charge in [0.15, 0.2) is 0 Å². The van der Waals surface area contributed by atoms with E-state index in [4.69, 9.17) is 0 Å². The number of halogens is 3. The van der Waals surface area contributed by atoms with Crippen LogP contribution in [0.2, 0.25) is 0 Å². The van der Waals surface area contributed by atoms with Crippen molar-refractivity contribution < 1.29 is 22.8 Å². The molecule has 12 heteroatoms. The van der Waals surface area contributed by atoms with Crippen LogP contribution in [0.3, 0.4) is 0 Å². The predicted octanol–water partition coefficient (Wildman–Crippen LogP) is 1.64. The Morgan fingerprint density at radius 1 is 1.32 bits per heavy atom. The minimum absolute atomic E-state index is 0.0324. The number of hydrogen-bond donors (Lipinski definition) is 2. The Bertz CT molecular complexity index is 902. The number of hydrogen-bond acceptors (Lipinski definition) is 5. The lowest BCUT2D eigenvalue weighted by Gasteiger charge is -2.40. The SMILES string of the molecule is Cn1nccc1C1C(C(=O)Nc2n[nH]c(C(F)(F)F)n2)CCC(=O)N1C1CC1. The van der Waals surface area contributed by atoms with Crippen LogP contribution in [0.25, 0.3) is 0 Å². The fourth-order valence-corrected chi connectivity index (χ4v) is 3.64. The first-order chi connectivity index (χ1) is 13.3. The van der Waals surface area contributed by atoms with Gasteiger partial charge >= 0.3 is 6.18 Å². The molecule has 2 aliphatic rings. The molecule has 0 aromatic carbocycles. The number of aromatic amines is 1. The van der Waals surface area contributed by atoms with Crippen molar-refractivity contribution in [2.75, 3.05) is 5.32 Å². The summed E-state index contributed by atoms with van der Waals surface area (Å²) in [6.45, 7) is 0. The minimum atomic E-state index is -4.69. The largest absolute Gasteiger partial charge is 0.451 e. The third kappa shape index (κ3) is 3.34. The summed E-state index contributed by atoms with van der Waals surface area (Å²) >= 11 is 0. The third-order valence-electron chi connectivity index (χ3n) is 5.07. The second kappa shape index (κ2) is 6.60. The molecule has 3 heterocycles. The van der Waals surface area contributed by atoms with Crippen molar-refractivity contribution in [2.24, 2.45) is 13.0 Å². The number of piperidine rings is 1. The highest BCUT2D eigenvalue weighted by Gasteiger charge is 2.47. The van der Waals surface area contributed by atoms with Gasteiger partial charge in [0.2, 0.25) is 23.6 Å². The lowest BCUT2D eigenvalue weighted by molar-refractivity contribution is -0.145. The molecule has 9 nitrogen and oxygen atoms in total. The van der Waals surface area contributed by atoms with Gasteiger partial charge in [-0.1, -0.05) is 0 Å². The quantitative estimate of drug-likeness (QED) is 0.815. The number of carbonyl (C=O) groups is 2. The van der Waals surface area contributed by atoms with Gasteiger partial charge in [0.25, 0.3) is 0 Å². The fraction of sp³-hybridized carbons (Fsp3) is 0.562. The molecule has 2 N–H and O–H groups in total. The van der Waals surface area contributed by atoms with E-state index in [1.54, 1.807) is 34.0 Å². The fourth-order valence-electron chi connectivity index (χ4n) is 3.64. The second-order valence-electron chi connectivity index (χ2n) is 7.00. The van der Waals surface area contributed by atoms with Crippen molar-refractivity contribution in [3.63, 3.8) is 0 Å². The molecule has 2 amide bonds. The van der Waals surface area contributed by atoms with Gasteiger partial charge in [0, 0.05) is 25.7 Å². The Balaban J connectivity index is 1.61. The van der Waals surface area contributed by atoms with Gasteiger partial charge in [0.1, 0.15) is 0 Å². The van der Waals surface area contributed by atoms with Crippen molar-refractivity contribution in [3.05, 3.63) is 23.8 Å². The van der Waals surface area contributed by atoms with E-state index >= 15 is 0 Å². The highest BCUT2D eigenvalue weighted by atomic mass is 19.4. The summed E-state index contributed by atoms with van der Waals surface area (Å²) < 4.78 is 39.6. The van der Waals surface area contributed by atoms with E-state index in [0.29, 0.717) is 5.69 Å². The Kier molecular flexibility index (Phi) is 4.35. The van der Waals surface area contributed by atoms with Gasteiger partial charge < -0.3 is 4.90 Å². The number of nitrogens with zero attached hydrogens (tertiary/aromatic N) is 5. The first-order valence-electron chi connectivity index (χ1n) is 8.85. The Hall–Kier alpha value is -2.92. The van der Waals surface area contributed by atoms with E-state index in [1.807, 2.05) is 0 Å². The molecule has 2 atom stereocenters. The van der Waals surface area contributed by atoms with Gasteiger partial charge in [-0.3, -0.25) is 24.7 Å². The number of carbonyl (C=O) groups excluding carboxylic acids is 2. The lowest BCUT2D eigenvalue weighted by Crippen LogP contribution is -2.48. The summed E-state index contributed by atoms with van der Waals surface area (Å²) in [6, 6.07) is 1.28. The number of anilines is 1. The predicted molar refractivity (Wildman–Crippen MR) is 88.6 cm³/mol. The van der Waals surface area contributed by atoms with E-state index in [2.05, 4.69) is 20.5 Å².